The van der Waals surface area contributed by atoms with E-state index < -0.39 is 11.8 Å². The molecule has 1 N–H and O–H groups in total. The highest BCUT2D eigenvalue weighted by molar-refractivity contribution is 7.09. The number of ether oxygens (including phenoxy) is 1. The number of halogens is 1. The first-order chi connectivity index (χ1) is 9.60. The first kappa shape index (κ1) is 14.5. The zero-order valence-electron chi connectivity index (χ0n) is 10.9. The van der Waals surface area contributed by atoms with Gasteiger partial charge in [0.25, 0.3) is 0 Å². The minimum absolute atomic E-state index is 0.0278. The second-order valence-corrected chi connectivity index (χ2v) is 5.16. The van der Waals surface area contributed by atoms with Gasteiger partial charge in [-0.05, 0) is 31.0 Å². The molecule has 1 aromatic carbocycles. The maximum atomic E-state index is 13.6. The normalized spacial score (nSPS) is 10.5. The highest BCUT2D eigenvalue weighted by Gasteiger charge is 2.10. The highest BCUT2D eigenvalue weighted by Crippen LogP contribution is 2.20. The van der Waals surface area contributed by atoms with Crippen LogP contribution in [0.1, 0.15) is 34.4 Å². The summed E-state index contributed by atoms with van der Waals surface area (Å²) in [6.07, 6.45) is 1.95. The van der Waals surface area contributed by atoms with E-state index in [0.717, 1.165) is 29.6 Å². The Bertz CT molecular complexity index is 612. The van der Waals surface area contributed by atoms with Crippen molar-refractivity contribution >= 4 is 17.3 Å². The molecule has 0 bridgehead atoms. The summed E-state index contributed by atoms with van der Waals surface area (Å²) in [5, 5.41) is 11.7. The lowest BCUT2D eigenvalue weighted by atomic mass is 10.2. The fourth-order valence-corrected chi connectivity index (χ4v) is 2.53. The number of benzene rings is 1. The predicted molar refractivity (Wildman–Crippen MR) is 73.8 cm³/mol. The van der Waals surface area contributed by atoms with Crippen molar-refractivity contribution < 1.29 is 19.0 Å². The molecule has 2 aromatic rings. The van der Waals surface area contributed by atoms with Crippen LogP contribution in [0.4, 0.5) is 4.39 Å². The Morgan fingerprint density at radius 2 is 2.30 bits per heavy atom. The van der Waals surface area contributed by atoms with Crippen molar-refractivity contribution in [3.05, 3.63) is 45.7 Å². The van der Waals surface area contributed by atoms with E-state index >= 15 is 0 Å². The van der Waals surface area contributed by atoms with E-state index in [0.29, 0.717) is 0 Å². The molecule has 2 rings (SSSR count). The van der Waals surface area contributed by atoms with E-state index in [4.69, 9.17) is 9.84 Å². The highest BCUT2D eigenvalue weighted by atomic mass is 32.1. The third-order valence-corrected chi connectivity index (χ3v) is 3.57. The van der Waals surface area contributed by atoms with Crippen LogP contribution in [0.15, 0.2) is 23.6 Å². The van der Waals surface area contributed by atoms with E-state index in [1.807, 2.05) is 5.38 Å². The Morgan fingerprint density at radius 1 is 1.50 bits per heavy atom. The summed E-state index contributed by atoms with van der Waals surface area (Å²) in [5.41, 5.74) is 0.647. The zero-order chi connectivity index (χ0) is 14.5. The number of rotatable bonds is 6. The number of carbonyl (C=O) groups is 1. The van der Waals surface area contributed by atoms with Gasteiger partial charge >= 0.3 is 5.97 Å². The van der Waals surface area contributed by atoms with Crippen LogP contribution in [0, 0.1) is 5.82 Å². The van der Waals surface area contributed by atoms with Gasteiger partial charge in [-0.15, -0.1) is 11.3 Å². The quantitative estimate of drug-likeness (QED) is 0.886. The number of hydrogen-bond donors (Lipinski definition) is 1. The Kier molecular flexibility index (Phi) is 4.68. The number of aromatic carboxylic acids is 1. The van der Waals surface area contributed by atoms with E-state index in [-0.39, 0.29) is 17.9 Å². The van der Waals surface area contributed by atoms with Crippen molar-refractivity contribution in [1.82, 2.24) is 4.98 Å². The molecule has 0 aliphatic heterocycles. The van der Waals surface area contributed by atoms with Gasteiger partial charge in [-0.1, -0.05) is 6.92 Å². The topological polar surface area (TPSA) is 59.4 Å². The minimum atomic E-state index is -1.17. The van der Waals surface area contributed by atoms with Crippen molar-refractivity contribution in [3.8, 4) is 5.75 Å². The molecule has 1 aromatic heterocycles. The Labute approximate surface area is 119 Å². The van der Waals surface area contributed by atoms with Crippen LogP contribution in [0.3, 0.4) is 0 Å². The third kappa shape index (κ3) is 3.54. The first-order valence-corrected chi connectivity index (χ1v) is 7.07. The second kappa shape index (κ2) is 6.47. The van der Waals surface area contributed by atoms with Crippen molar-refractivity contribution in [2.24, 2.45) is 0 Å². The molecule has 0 spiro atoms. The Hall–Kier alpha value is -1.95. The van der Waals surface area contributed by atoms with E-state index in [1.165, 1.54) is 12.1 Å². The van der Waals surface area contributed by atoms with Gasteiger partial charge < -0.3 is 9.84 Å². The molecule has 0 saturated heterocycles. The van der Waals surface area contributed by atoms with Crippen LogP contribution < -0.4 is 4.74 Å². The molecule has 4 nitrogen and oxygen atoms in total. The van der Waals surface area contributed by atoms with Crippen LogP contribution in [-0.4, -0.2) is 16.1 Å². The largest absolute Gasteiger partial charge is 0.484 e. The van der Waals surface area contributed by atoms with Crippen LogP contribution in [-0.2, 0) is 13.0 Å². The monoisotopic (exact) mass is 295 g/mol. The van der Waals surface area contributed by atoms with Crippen LogP contribution in [0.2, 0.25) is 0 Å². The van der Waals surface area contributed by atoms with Gasteiger partial charge in [0, 0.05) is 5.38 Å². The summed E-state index contributed by atoms with van der Waals surface area (Å²) < 4.78 is 19.0. The predicted octanol–water partition coefficient (Wildman–Crippen LogP) is 3.51. The molecule has 0 atom stereocenters. The number of aryl methyl sites for hydroxylation is 1. The van der Waals surface area contributed by atoms with E-state index in [1.54, 1.807) is 11.3 Å². The fraction of sp³-hybridized carbons (Fsp3) is 0.286. The van der Waals surface area contributed by atoms with E-state index in [2.05, 4.69) is 11.9 Å². The molecular weight excluding hydrogens is 281 g/mol. The lowest BCUT2D eigenvalue weighted by Crippen LogP contribution is -2.01. The lowest BCUT2D eigenvalue weighted by Gasteiger charge is -2.06. The molecule has 0 aliphatic rings. The summed E-state index contributed by atoms with van der Waals surface area (Å²) >= 11 is 1.56. The van der Waals surface area contributed by atoms with Gasteiger partial charge in [-0.2, -0.15) is 0 Å². The van der Waals surface area contributed by atoms with Crippen LogP contribution >= 0.6 is 11.3 Å². The van der Waals surface area contributed by atoms with Gasteiger partial charge in [0.15, 0.2) is 11.6 Å². The molecule has 0 fully saturated rings. The second-order valence-electron chi connectivity index (χ2n) is 4.22. The number of hydrogen-bond acceptors (Lipinski definition) is 4. The zero-order valence-corrected chi connectivity index (χ0v) is 11.7. The molecule has 1 heterocycles. The van der Waals surface area contributed by atoms with Gasteiger partial charge in [0.2, 0.25) is 0 Å². The summed E-state index contributed by atoms with van der Waals surface area (Å²) in [4.78, 5) is 15.1. The molecule has 0 saturated carbocycles. The summed E-state index contributed by atoms with van der Waals surface area (Å²) in [6, 6.07) is 3.57. The van der Waals surface area contributed by atoms with Crippen molar-refractivity contribution in [2.75, 3.05) is 0 Å². The number of thiazole rings is 1. The smallest absolute Gasteiger partial charge is 0.335 e. The summed E-state index contributed by atoms with van der Waals surface area (Å²) in [7, 11) is 0. The molecule has 0 unspecified atom stereocenters. The number of carboxylic acid groups (broad SMARTS) is 1. The SMILES string of the molecule is CCCc1nc(COc2ccc(C(=O)O)cc2F)cs1. The number of carboxylic acids is 1. The number of nitrogens with zero attached hydrogens (tertiary/aromatic N) is 1. The van der Waals surface area contributed by atoms with Gasteiger partial charge in [-0.25, -0.2) is 14.2 Å². The van der Waals surface area contributed by atoms with Gasteiger partial charge in [-0.3, -0.25) is 0 Å². The van der Waals surface area contributed by atoms with Gasteiger partial charge in [0.05, 0.1) is 16.3 Å². The molecular formula is C14H14FNO3S. The standard InChI is InChI=1S/C14H14FNO3S/c1-2-3-13-16-10(8-20-13)7-19-12-5-4-9(14(17)18)6-11(12)15/h4-6,8H,2-3,7H2,1H3,(H,17,18). The van der Waals surface area contributed by atoms with Gasteiger partial charge in [0.1, 0.15) is 6.61 Å². The Balaban J connectivity index is 2.01. The lowest BCUT2D eigenvalue weighted by molar-refractivity contribution is 0.0696. The summed E-state index contributed by atoms with van der Waals surface area (Å²) in [6.45, 7) is 2.25. The van der Waals surface area contributed by atoms with E-state index in [9.17, 15) is 9.18 Å². The average Bonchev–Trinajstić information content (AvgIpc) is 2.85. The minimum Gasteiger partial charge on any atom is -0.484 e. The first-order valence-electron chi connectivity index (χ1n) is 6.19. The molecule has 20 heavy (non-hydrogen) atoms. The van der Waals surface area contributed by atoms with Crippen LogP contribution in [0.5, 0.6) is 5.75 Å². The molecule has 106 valence electrons. The Morgan fingerprint density at radius 3 is 2.95 bits per heavy atom. The van der Waals surface area contributed by atoms with Crippen molar-refractivity contribution in [1.29, 1.82) is 0 Å². The van der Waals surface area contributed by atoms with Crippen LogP contribution in [0.25, 0.3) is 0 Å². The summed E-state index contributed by atoms with van der Waals surface area (Å²) in [5.74, 6) is -1.83. The number of aromatic nitrogens is 1. The fourth-order valence-electron chi connectivity index (χ4n) is 1.65. The molecule has 0 radical (unpaired) electrons. The van der Waals surface area contributed by atoms with Crippen molar-refractivity contribution in [2.45, 2.75) is 26.4 Å². The average molecular weight is 295 g/mol. The maximum Gasteiger partial charge on any atom is 0.335 e. The third-order valence-electron chi connectivity index (χ3n) is 2.62. The van der Waals surface area contributed by atoms with Crippen molar-refractivity contribution in [3.63, 3.8) is 0 Å². The molecule has 0 amide bonds. The molecule has 0 aliphatic carbocycles. The molecule has 6 heteroatoms. The maximum absolute atomic E-state index is 13.6.